The Bertz CT molecular complexity index is 760. The number of nitrogens with zero attached hydrogens (tertiary/aromatic N) is 2. The Balaban J connectivity index is 1.50. The van der Waals surface area contributed by atoms with Crippen molar-refractivity contribution in [2.24, 2.45) is 11.0 Å². The van der Waals surface area contributed by atoms with Crippen molar-refractivity contribution in [3.05, 3.63) is 59.5 Å². The van der Waals surface area contributed by atoms with E-state index < -0.39 is 0 Å². The third-order valence-corrected chi connectivity index (χ3v) is 4.44. The van der Waals surface area contributed by atoms with Crippen molar-refractivity contribution in [1.82, 2.24) is 10.3 Å². The van der Waals surface area contributed by atoms with Gasteiger partial charge in [0.1, 0.15) is 5.76 Å². The van der Waals surface area contributed by atoms with Crippen LogP contribution in [0.3, 0.4) is 0 Å². The molecule has 6 nitrogen and oxygen atoms in total. The van der Waals surface area contributed by atoms with Crippen LogP contribution in [-0.2, 0) is 4.79 Å². The summed E-state index contributed by atoms with van der Waals surface area (Å²) in [6, 6.07) is 11.1. The van der Waals surface area contributed by atoms with Crippen LogP contribution in [-0.4, -0.2) is 36.0 Å². The molecule has 6 heteroatoms. The number of carbonyl (C=O) groups excluding carboxylic acids is 2. The summed E-state index contributed by atoms with van der Waals surface area (Å²) in [6.07, 6.45) is 4.29. The third kappa shape index (κ3) is 4.15. The van der Waals surface area contributed by atoms with Crippen LogP contribution in [0.1, 0.15) is 34.5 Å². The molecule has 0 bridgehead atoms. The molecule has 25 heavy (non-hydrogen) atoms. The highest BCUT2D eigenvalue weighted by atomic mass is 16.3. The van der Waals surface area contributed by atoms with Crippen LogP contribution < -0.4 is 5.43 Å². The lowest BCUT2D eigenvalue weighted by Gasteiger charge is -2.31. The summed E-state index contributed by atoms with van der Waals surface area (Å²) in [5.74, 6) is 0.368. The molecule has 0 atom stereocenters. The summed E-state index contributed by atoms with van der Waals surface area (Å²) in [5.41, 5.74) is 4.24. The van der Waals surface area contributed by atoms with Gasteiger partial charge in [0.2, 0.25) is 5.91 Å². The number of aryl methyl sites for hydroxylation is 1. The van der Waals surface area contributed by atoms with Crippen LogP contribution in [0, 0.1) is 12.8 Å². The lowest BCUT2D eigenvalue weighted by atomic mass is 9.95. The van der Waals surface area contributed by atoms with Crippen LogP contribution in [0.25, 0.3) is 0 Å². The van der Waals surface area contributed by atoms with Gasteiger partial charge in [0.25, 0.3) is 5.91 Å². The van der Waals surface area contributed by atoms with Crippen LogP contribution in [0.5, 0.6) is 0 Å². The topological polar surface area (TPSA) is 74.9 Å². The molecule has 0 spiro atoms. The van der Waals surface area contributed by atoms with Crippen LogP contribution in [0.4, 0.5) is 0 Å². The largest absolute Gasteiger partial charge is 0.463 e. The van der Waals surface area contributed by atoms with E-state index in [1.54, 1.807) is 18.4 Å². The van der Waals surface area contributed by atoms with Gasteiger partial charge >= 0.3 is 0 Å². The molecular formula is C19H21N3O3. The third-order valence-electron chi connectivity index (χ3n) is 4.44. The minimum absolute atomic E-state index is 0.0350. The zero-order valence-corrected chi connectivity index (χ0v) is 14.1. The molecule has 2 aromatic rings. The van der Waals surface area contributed by atoms with Crippen LogP contribution in [0.2, 0.25) is 0 Å². The Kier molecular flexibility index (Phi) is 5.28. The van der Waals surface area contributed by atoms with Gasteiger partial charge < -0.3 is 9.32 Å². The predicted octanol–water partition coefficient (Wildman–Crippen LogP) is 2.59. The van der Waals surface area contributed by atoms with E-state index in [4.69, 9.17) is 4.42 Å². The molecule has 1 aromatic heterocycles. The summed E-state index contributed by atoms with van der Waals surface area (Å²) >= 11 is 0. The number of furan rings is 1. The second-order valence-corrected chi connectivity index (χ2v) is 6.13. The number of carbonyl (C=O) groups is 2. The van der Waals surface area contributed by atoms with Gasteiger partial charge in [0, 0.05) is 24.6 Å². The van der Waals surface area contributed by atoms with Crippen molar-refractivity contribution < 1.29 is 14.0 Å². The van der Waals surface area contributed by atoms with Crippen LogP contribution in [0.15, 0.2) is 52.2 Å². The first kappa shape index (κ1) is 17.0. The maximum Gasteiger partial charge on any atom is 0.254 e. The Morgan fingerprint density at radius 1 is 1.20 bits per heavy atom. The molecule has 3 rings (SSSR count). The summed E-state index contributed by atoms with van der Waals surface area (Å²) in [4.78, 5) is 26.6. The number of rotatable bonds is 4. The van der Waals surface area contributed by atoms with Crippen molar-refractivity contribution in [2.45, 2.75) is 19.8 Å². The summed E-state index contributed by atoms with van der Waals surface area (Å²) in [6.45, 7) is 3.09. The second-order valence-electron chi connectivity index (χ2n) is 6.13. The van der Waals surface area contributed by atoms with Gasteiger partial charge in [-0.05, 0) is 43.5 Å². The number of piperidine rings is 1. The maximum absolute atomic E-state index is 12.6. The highest BCUT2D eigenvalue weighted by molar-refractivity contribution is 5.95. The molecule has 130 valence electrons. The molecule has 1 N–H and O–H groups in total. The van der Waals surface area contributed by atoms with Gasteiger partial charge in [-0.15, -0.1) is 0 Å². The number of amides is 2. The van der Waals surface area contributed by atoms with Crippen molar-refractivity contribution in [2.75, 3.05) is 13.1 Å². The first-order valence-corrected chi connectivity index (χ1v) is 8.36. The second kappa shape index (κ2) is 7.79. The lowest BCUT2D eigenvalue weighted by Crippen LogP contribution is -2.42. The van der Waals surface area contributed by atoms with E-state index in [-0.39, 0.29) is 17.7 Å². The molecule has 2 heterocycles. The van der Waals surface area contributed by atoms with E-state index in [2.05, 4.69) is 10.5 Å². The fourth-order valence-electron chi connectivity index (χ4n) is 2.94. The van der Waals surface area contributed by atoms with Gasteiger partial charge in [0.15, 0.2) is 0 Å². The molecule has 1 aliphatic heterocycles. The molecule has 2 amide bonds. The number of likely N-dealkylation sites (tertiary alicyclic amines) is 1. The quantitative estimate of drug-likeness (QED) is 0.687. The zero-order chi connectivity index (χ0) is 17.6. The smallest absolute Gasteiger partial charge is 0.254 e. The maximum atomic E-state index is 12.6. The average Bonchev–Trinajstić information content (AvgIpc) is 3.15. The molecule has 1 aliphatic rings. The fraction of sp³-hybridized carbons (Fsp3) is 0.316. The van der Waals surface area contributed by atoms with E-state index in [1.165, 1.54) is 6.21 Å². The van der Waals surface area contributed by atoms with Gasteiger partial charge in [-0.2, -0.15) is 5.10 Å². The van der Waals surface area contributed by atoms with Crippen molar-refractivity contribution in [1.29, 1.82) is 0 Å². The summed E-state index contributed by atoms with van der Waals surface area (Å²) in [5, 5.41) is 3.90. The Hall–Kier alpha value is -2.89. The molecule has 0 unspecified atom stereocenters. The Labute approximate surface area is 146 Å². The van der Waals surface area contributed by atoms with Crippen molar-refractivity contribution >= 4 is 18.0 Å². The molecule has 1 fully saturated rings. The van der Waals surface area contributed by atoms with Gasteiger partial charge in [-0.3, -0.25) is 9.59 Å². The van der Waals surface area contributed by atoms with E-state index >= 15 is 0 Å². The number of nitrogens with one attached hydrogen (secondary N) is 1. The standard InChI is InChI=1S/C19H21N3O3/c1-14-5-2-3-7-17(14)19(24)22-10-8-15(9-11-22)18(23)21-20-13-16-6-4-12-25-16/h2-7,12-13,15H,8-11H2,1H3,(H,21,23)/b20-13-. The molecule has 1 saturated heterocycles. The van der Waals surface area contributed by atoms with Crippen molar-refractivity contribution in [3.63, 3.8) is 0 Å². The van der Waals surface area contributed by atoms with Crippen LogP contribution >= 0.6 is 0 Å². The van der Waals surface area contributed by atoms with E-state index in [0.717, 1.165) is 11.1 Å². The normalized spacial score (nSPS) is 15.5. The number of benzene rings is 1. The molecule has 1 aromatic carbocycles. The fourth-order valence-corrected chi connectivity index (χ4v) is 2.94. The lowest BCUT2D eigenvalue weighted by molar-refractivity contribution is -0.126. The number of hydrogen-bond donors (Lipinski definition) is 1. The average molecular weight is 339 g/mol. The number of hydrazone groups is 1. The highest BCUT2D eigenvalue weighted by Gasteiger charge is 2.28. The zero-order valence-electron chi connectivity index (χ0n) is 14.1. The predicted molar refractivity (Wildman–Crippen MR) is 94.3 cm³/mol. The molecule has 0 aliphatic carbocycles. The van der Waals surface area contributed by atoms with E-state index in [9.17, 15) is 9.59 Å². The Morgan fingerprint density at radius 2 is 1.96 bits per heavy atom. The Morgan fingerprint density at radius 3 is 2.64 bits per heavy atom. The van der Waals surface area contributed by atoms with Crippen molar-refractivity contribution in [3.8, 4) is 0 Å². The molecular weight excluding hydrogens is 318 g/mol. The van der Waals surface area contributed by atoms with E-state index in [1.807, 2.05) is 36.1 Å². The minimum atomic E-state index is -0.130. The van der Waals surface area contributed by atoms with E-state index in [0.29, 0.717) is 31.7 Å². The highest BCUT2D eigenvalue weighted by Crippen LogP contribution is 2.20. The van der Waals surface area contributed by atoms with Gasteiger partial charge in [-0.25, -0.2) is 5.43 Å². The van der Waals surface area contributed by atoms with Gasteiger partial charge in [0.05, 0.1) is 12.5 Å². The molecule has 0 saturated carbocycles. The SMILES string of the molecule is Cc1ccccc1C(=O)N1CCC(C(=O)N/N=C\c2ccco2)CC1. The monoisotopic (exact) mass is 339 g/mol. The first-order chi connectivity index (χ1) is 12.1. The molecule has 0 radical (unpaired) electrons. The number of hydrogen-bond acceptors (Lipinski definition) is 4. The van der Waals surface area contributed by atoms with Gasteiger partial charge in [-0.1, -0.05) is 18.2 Å². The first-order valence-electron chi connectivity index (χ1n) is 8.36. The summed E-state index contributed by atoms with van der Waals surface area (Å²) in [7, 11) is 0. The minimum Gasteiger partial charge on any atom is -0.463 e. The summed E-state index contributed by atoms with van der Waals surface area (Å²) < 4.78 is 5.11.